The average molecular weight is 79.1 g/mol. The molecule has 2 nitrogen and oxygen atoms in total. The topological polar surface area (TPSA) is 29.4 Å². The Morgan fingerprint density at radius 2 is 2.25 bits per heavy atom. The summed E-state index contributed by atoms with van der Waals surface area (Å²) < 4.78 is 12.4. The molecule has 0 fully saturated rings. The van der Waals surface area contributed by atoms with Crippen LogP contribution in [0.15, 0.2) is 4.36 Å². The standard InChI is InChI=1S/CH5NOS/c1-2-4-3/h4H2,1H3. The molecular formula is CH5NOS. The fourth-order valence-electron chi connectivity index (χ4n) is 0. The molecule has 0 heterocycles. The Kier molecular flexibility index (Phi) is 2.91. The summed E-state index contributed by atoms with van der Waals surface area (Å²) in [5, 5.41) is 0. The molecule has 0 aromatic rings. The van der Waals surface area contributed by atoms with E-state index in [2.05, 4.69) is 4.36 Å². The van der Waals surface area contributed by atoms with Gasteiger partial charge >= 0.3 is 0 Å². The van der Waals surface area contributed by atoms with Crippen LogP contribution in [0.3, 0.4) is 0 Å². The van der Waals surface area contributed by atoms with Gasteiger partial charge in [0.1, 0.15) is 0 Å². The second-order valence-electron chi connectivity index (χ2n) is 0.315. The van der Waals surface area contributed by atoms with Gasteiger partial charge < -0.3 is 0 Å². The van der Waals surface area contributed by atoms with Gasteiger partial charge in [-0.1, -0.05) is 0 Å². The quantitative estimate of drug-likeness (QED) is 0.384. The molecule has 0 aromatic heterocycles. The van der Waals surface area contributed by atoms with E-state index in [1.54, 1.807) is 0 Å². The molecule has 0 bridgehead atoms. The molecule has 4 heavy (non-hydrogen) atoms. The van der Waals surface area contributed by atoms with Gasteiger partial charge in [-0.15, -0.1) is 0 Å². The van der Waals surface area contributed by atoms with Crippen LogP contribution in [0, 0.1) is 0 Å². The Bertz CT molecular complexity index is 46.0. The van der Waals surface area contributed by atoms with Gasteiger partial charge in [0, 0.05) is 18.5 Å². The van der Waals surface area contributed by atoms with Gasteiger partial charge in [-0.3, -0.25) is 4.21 Å². The van der Waals surface area contributed by atoms with Crippen molar-refractivity contribution in [2.45, 2.75) is 0 Å². The molecule has 3 heteroatoms. The second kappa shape index (κ2) is 2.95. The molecular weight excluding hydrogens is 74.1 g/mol. The van der Waals surface area contributed by atoms with Crippen LogP contribution >= 0.6 is 0 Å². The van der Waals surface area contributed by atoms with E-state index < -0.39 is 11.5 Å². The van der Waals surface area contributed by atoms with E-state index in [-0.39, 0.29) is 0 Å². The van der Waals surface area contributed by atoms with Crippen molar-refractivity contribution < 1.29 is 4.21 Å². The normalized spacial score (nSPS) is 9.25. The molecule has 0 saturated carbocycles. The molecule has 0 N–H and O–H groups in total. The van der Waals surface area contributed by atoms with E-state index in [4.69, 9.17) is 4.21 Å². The van der Waals surface area contributed by atoms with Crippen molar-refractivity contribution in [2.24, 2.45) is 4.36 Å². The third-order valence-electron chi connectivity index (χ3n) is 0.0913. The minimum Gasteiger partial charge on any atom is -0.256 e. The van der Waals surface area contributed by atoms with Gasteiger partial charge in [0.05, 0.1) is 0 Å². The van der Waals surface area contributed by atoms with Crippen LogP contribution in [-0.4, -0.2) is 11.3 Å². The number of nitrogens with zero attached hydrogens (tertiary/aromatic N) is 1. The van der Waals surface area contributed by atoms with Gasteiger partial charge in [-0.2, -0.15) is 0 Å². The molecule has 0 aliphatic carbocycles. The first-order valence-electron chi connectivity index (χ1n) is 0.875. The van der Waals surface area contributed by atoms with Crippen molar-refractivity contribution in [3.63, 3.8) is 0 Å². The Hall–Kier alpha value is -0.0500. The predicted octanol–water partition coefficient (Wildman–Crippen LogP) is -0.523. The average Bonchev–Trinajstić information content (AvgIpc) is 1.37. The molecule has 26 valence electrons. The van der Waals surface area contributed by atoms with Gasteiger partial charge in [0.2, 0.25) is 0 Å². The SMILES string of the molecule is CN=[SH2]=O. The van der Waals surface area contributed by atoms with Crippen molar-refractivity contribution in [3.8, 4) is 0 Å². The Balaban J connectivity index is 3.11. The summed E-state index contributed by atoms with van der Waals surface area (Å²) in [4.78, 5) is 0. The monoisotopic (exact) mass is 79.0 g/mol. The first kappa shape index (κ1) is 3.95. The van der Waals surface area contributed by atoms with Crippen molar-refractivity contribution >= 4 is 11.5 Å². The Morgan fingerprint density at radius 3 is 2.25 bits per heavy atom. The zero-order valence-corrected chi connectivity index (χ0v) is 3.36. The van der Waals surface area contributed by atoms with Crippen LogP contribution in [0.4, 0.5) is 0 Å². The smallest absolute Gasteiger partial charge is 0.0367 e. The minimum absolute atomic E-state index is 0.485. The van der Waals surface area contributed by atoms with E-state index in [1.807, 2.05) is 0 Å². The number of rotatable bonds is 0. The van der Waals surface area contributed by atoms with Gasteiger partial charge in [0.15, 0.2) is 0 Å². The molecule has 0 aromatic carbocycles. The summed E-state index contributed by atoms with van der Waals surface area (Å²) in [5.74, 6) is 0. The second-order valence-corrected chi connectivity index (χ2v) is 0.945. The molecule has 0 unspecified atom stereocenters. The lowest BCUT2D eigenvalue weighted by atomic mass is 11.6. The van der Waals surface area contributed by atoms with E-state index in [1.165, 1.54) is 7.05 Å². The molecule has 0 spiro atoms. The lowest BCUT2D eigenvalue weighted by Crippen LogP contribution is -1.32. The zero-order chi connectivity index (χ0) is 3.41. The molecule has 0 rings (SSSR count). The molecule has 0 radical (unpaired) electrons. The minimum atomic E-state index is -0.485. The van der Waals surface area contributed by atoms with Crippen molar-refractivity contribution in [1.29, 1.82) is 0 Å². The molecule has 0 atom stereocenters. The zero-order valence-electron chi connectivity index (χ0n) is 2.36. The maximum atomic E-state index is 9.16. The summed E-state index contributed by atoms with van der Waals surface area (Å²) >= 11 is -0.485. The highest BCUT2D eigenvalue weighted by Crippen LogP contribution is 1.33. The third kappa shape index (κ3) is 1.95. The maximum absolute atomic E-state index is 9.16. The van der Waals surface area contributed by atoms with Crippen LogP contribution in [0.2, 0.25) is 0 Å². The summed E-state index contributed by atoms with van der Waals surface area (Å²) in [6.07, 6.45) is 0. The van der Waals surface area contributed by atoms with Crippen molar-refractivity contribution in [1.82, 2.24) is 0 Å². The van der Waals surface area contributed by atoms with Crippen LogP contribution in [0.1, 0.15) is 0 Å². The highest BCUT2D eigenvalue weighted by atomic mass is 32.1. The Morgan fingerprint density at radius 1 is 2.00 bits per heavy atom. The molecule has 0 amide bonds. The van der Waals surface area contributed by atoms with E-state index in [9.17, 15) is 0 Å². The third-order valence-corrected chi connectivity index (χ3v) is 0.274. The highest BCUT2D eigenvalue weighted by Gasteiger charge is 1.21. The maximum Gasteiger partial charge on any atom is 0.0367 e. The Labute approximate surface area is 28.1 Å². The van der Waals surface area contributed by atoms with Crippen LogP contribution in [0.5, 0.6) is 0 Å². The summed E-state index contributed by atoms with van der Waals surface area (Å²) in [6, 6.07) is 0. The van der Waals surface area contributed by atoms with Crippen molar-refractivity contribution in [3.05, 3.63) is 0 Å². The summed E-state index contributed by atoms with van der Waals surface area (Å²) in [7, 11) is 1.51. The van der Waals surface area contributed by atoms with Gasteiger partial charge in [-0.05, 0) is 0 Å². The molecule has 0 saturated heterocycles. The lowest BCUT2D eigenvalue weighted by molar-refractivity contribution is 0.698. The number of hydrogen-bond donors (Lipinski definition) is 0. The van der Waals surface area contributed by atoms with Crippen LogP contribution in [-0.2, 0) is 11.5 Å². The summed E-state index contributed by atoms with van der Waals surface area (Å²) in [6.45, 7) is 0. The summed E-state index contributed by atoms with van der Waals surface area (Å²) in [5.41, 5.74) is 0. The number of hydrogen-bond acceptors (Lipinski definition) is 2. The highest BCUT2D eigenvalue weighted by molar-refractivity contribution is 7.54. The van der Waals surface area contributed by atoms with Gasteiger partial charge in [0.25, 0.3) is 0 Å². The van der Waals surface area contributed by atoms with Gasteiger partial charge in [-0.25, -0.2) is 4.36 Å². The largest absolute Gasteiger partial charge is 0.256 e. The van der Waals surface area contributed by atoms with Crippen LogP contribution in [0.25, 0.3) is 0 Å². The molecule has 0 aliphatic heterocycles. The first-order valence-corrected chi connectivity index (χ1v) is 1.73. The van der Waals surface area contributed by atoms with Crippen LogP contribution < -0.4 is 0 Å². The first-order chi connectivity index (χ1) is 1.91. The van der Waals surface area contributed by atoms with Crippen molar-refractivity contribution in [2.75, 3.05) is 7.05 Å². The van der Waals surface area contributed by atoms with E-state index >= 15 is 0 Å². The fraction of sp³-hybridized carbons (Fsp3) is 1.00. The molecule has 0 aliphatic rings. The van der Waals surface area contributed by atoms with E-state index in [0.29, 0.717) is 0 Å². The fourth-order valence-corrected chi connectivity index (χ4v) is 0. The lowest BCUT2D eigenvalue weighted by Gasteiger charge is -1.42. The van der Waals surface area contributed by atoms with E-state index in [0.717, 1.165) is 0 Å². The predicted molar refractivity (Wildman–Crippen MR) is 19.3 cm³/mol.